The Bertz CT molecular complexity index is 519. The number of sulfonamides is 1. The van der Waals surface area contributed by atoms with E-state index in [1.165, 1.54) is 0 Å². The summed E-state index contributed by atoms with van der Waals surface area (Å²) in [5.41, 5.74) is 1.02. The molecule has 1 aromatic rings. The van der Waals surface area contributed by atoms with Crippen molar-refractivity contribution in [1.82, 2.24) is 14.9 Å². The zero-order valence-electron chi connectivity index (χ0n) is 11.3. The van der Waals surface area contributed by atoms with Gasteiger partial charge in [-0.05, 0) is 32.6 Å². The monoisotopic (exact) mass is 287 g/mol. The van der Waals surface area contributed by atoms with Crippen LogP contribution in [0.25, 0.3) is 0 Å². The summed E-state index contributed by atoms with van der Waals surface area (Å²) in [6.45, 7) is 3.39. The number of aromatic amines is 1. The first-order chi connectivity index (χ1) is 8.95. The van der Waals surface area contributed by atoms with Crippen molar-refractivity contribution in [3.8, 4) is 0 Å². The average Bonchev–Trinajstić information content (AvgIpc) is 2.70. The predicted molar refractivity (Wildman–Crippen MR) is 71.2 cm³/mol. The van der Waals surface area contributed by atoms with Crippen molar-refractivity contribution >= 4 is 10.0 Å². The van der Waals surface area contributed by atoms with Gasteiger partial charge in [-0.25, -0.2) is 13.1 Å². The van der Waals surface area contributed by atoms with E-state index in [1.54, 1.807) is 13.8 Å². The third-order valence-electron chi connectivity index (χ3n) is 3.78. The van der Waals surface area contributed by atoms with E-state index in [9.17, 15) is 13.5 Å². The standard InChI is InChI=1S/C12H21N3O3S/c1-8-12(9(2)14-13-8)19(17,18)15-11-6-4-3-5-10(11)7-16/h10-11,15-16H,3-7H2,1-2H3,(H,13,14). The van der Waals surface area contributed by atoms with Crippen LogP contribution in [0.1, 0.15) is 37.1 Å². The van der Waals surface area contributed by atoms with Gasteiger partial charge in [0, 0.05) is 12.6 Å². The van der Waals surface area contributed by atoms with Crippen LogP contribution in [0.2, 0.25) is 0 Å². The van der Waals surface area contributed by atoms with Crippen LogP contribution in [0.4, 0.5) is 0 Å². The minimum atomic E-state index is -3.58. The summed E-state index contributed by atoms with van der Waals surface area (Å²) in [5.74, 6) is 0.0102. The molecular formula is C12H21N3O3S. The molecule has 2 unspecified atom stereocenters. The van der Waals surface area contributed by atoms with Crippen molar-refractivity contribution in [3.05, 3.63) is 11.4 Å². The van der Waals surface area contributed by atoms with Crippen LogP contribution < -0.4 is 4.72 Å². The van der Waals surface area contributed by atoms with Crippen molar-refractivity contribution in [2.24, 2.45) is 5.92 Å². The molecule has 1 saturated carbocycles. The second kappa shape index (κ2) is 5.60. The molecule has 2 rings (SSSR count). The molecule has 0 aliphatic heterocycles. The quantitative estimate of drug-likeness (QED) is 0.765. The third-order valence-corrected chi connectivity index (χ3v) is 5.53. The van der Waals surface area contributed by atoms with Gasteiger partial charge in [-0.3, -0.25) is 5.10 Å². The summed E-state index contributed by atoms with van der Waals surface area (Å²) in [6.07, 6.45) is 3.69. The molecule has 0 radical (unpaired) electrons. The van der Waals surface area contributed by atoms with Crippen LogP contribution in [0.5, 0.6) is 0 Å². The Labute approximate surface area is 113 Å². The van der Waals surface area contributed by atoms with Crippen LogP contribution in [0.3, 0.4) is 0 Å². The van der Waals surface area contributed by atoms with Gasteiger partial charge in [0.15, 0.2) is 0 Å². The highest BCUT2D eigenvalue weighted by Crippen LogP contribution is 2.26. The van der Waals surface area contributed by atoms with Crippen molar-refractivity contribution in [2.45, 2.75) is 50.5 Å². The summed E-state index contributed by atoms with van der Waals surface area (Å²) in [7, 11) is -3.58. The molecular weight excluding hydrogens is 266 g/mol. The van der Waals surface area contributed by atoms with E-state index < -0.39 is 10.0 Å². The Morgan fingerprint density at radius 2 is 2.05 bits per heavy atom. The maximum atomic E-state index is 12.4. The minimum Gasteiger partial charge on any atom is -0.396 e. The lowest BCUT2D eigenvalue weighted by atomic mass is 9.86. The summed E-state index contributed by atoms with van der Waals surface area (Å²) in [6, 6.07) is -0.183. The van der Waals surface area contributed by atoms with E-state index >= 15 is 0 Å². The number of hydrogen-bond donors (Lipinski definition) is 3. The topological polar surface area (TPSA) is 95.1 Å². The number of nitrogens with zero attached hydrogens (tertiary/aromatic N) is 1. The number of aryl methyl sites for hydroxylation is 2. The molecule has 19 heavy (non-hydrogen) atoms. The van der Waals surface area contributed by atoms with Gasteiger partial charge in [0.25, 0.3) is 0 Å². The molecule has 1 heterocycles. The predicted octanol–water partition coefficient (Wildman–Crippen LogP) is 0.856. The molecule has 1 aliphatic carbocycles. The van der Waals surface area contributed by atoms with E-state index in [2.05, 4.69) is 14.9 Å². The highest BCUT2D eigenvalue weighted by Gasteiger charge is 2.31. The van der Waals surface area contributed by atoms with Crippen molar-refractivity contribution in [1.29, 1.82) is 0 Å². The molecule has 2 atom stereocenters. The maximum Gasteiger partial charge on any atom is 0.244 e. The van der Waals surface area contributed by atoms with E-state index in [0.29, 0.717) is 11.4 Å². The number of aliphatic hydroxyl groups excluding tert-OH is 1. The number of aliphatic hydroxyl groups is 1. The van der Waals surface area contributed by atoms with Crippen LogP contribution in [-0.4, -0.2) is 36.4 Å². The zero-order chi connectivity index (χ0) is 14.0. The summed E-state index contributed by atoms with van der Waals surface area (Å²) < 4.78 is 27.6. The molecule has 0 aromatic carbocycles. The molecule has 0 spiro atoms. The molecule has 0 bridgehead atoms. The highest BCUT2D eigenvalue weighted by molar-refractivity contribution is 7.89. The second-order valence-corrected chi connectivity index (χ2v) is 6.87. The van der Waals surface area contributed by atoms with Gasteiger partial charge in [-0.1, -0.05) is 12.8 Å². The Morgan fingerprint density at radius 3 is 2.63 bits per heavy atom. The molecule has 0 amide bonds. The molecule has 6 nitrogen and oxygen atoms in total. The van der Waals surface area contributed by atoms with Crippen LogP contribution >= 0.6 is 0 Å². The normalized spacial score (nSPS) is 24.6. The number of rotatable bonds is 4. The van der Waals surface area contributed by atoms with Gasteiger partial charge in [-0.2, -0.15) is 5.10 Å². The fourth-order valence-electron chi connectivity index (χ4n) is 2.78. The molecule has 1 fully saturated rings. The fourth-order valence-corrected chi connectivity index (χ4v) is 4.49. The SMILES string of the molecule is Cc1n[nH]c(C)c1S(=O)(=O)NC1CCCCC1CO. The van der Waals surface area contributed by atoms with Crippen LogP contribution in [-0.2, 0) is 10.0 Å². The lowest BCUT2D eigenvalue weighted by Gasteiger charge is -2.30. The summed E-state index contributed by atoms with van der Waals surface area (Å²) in [4.78, 5) is 0.231. The molecule has 108 valence electrons. The highest BCUT2D eigenvalue weighted by atomic mass is 32.2. The van der Waals surface area contributed by atoms with Gasteiger partial charge in [-0.15, -0.1) is 0 Å². The van der Waals surface area contributed by atoms with Crippen molar-refractivity contribution in [2.75, 3.05) is 6.61 Å². The molecule has 7 heteroatoms. The Balaban J connectivity index is 2.21. The number of nitrogens with one attached hydrogen (secondary N) is 2. The number of H-pyrrole nitrogens is 1. The Kier molecular flexibility index (Phi) is 4.27. The first kappa shape index (κ1) is 14.5. The lowest BCUT2D eigenvalue weighted by molar-refractivity contribution is 0.164. The molecule has 1 aromatic heterocycles. The van der Waals surface area contributed by atoms with Gasteiger partial charge in [0.1, 0.15) is 4.90 Å². The summed E-state index contributed by atoms with van der Waals surface area (Å²) >= 11 is 0. The van der Waals surface area contributed by atoms with E-state index in [-0.39, 0.29) is 23.5 Å². The molecule has 3 N–H and O–H groups in total. The van der Waals surface area contributed by atoms with Gasteiger partial charge in [0.2, 0.25) is 10.0 Å². The lowest BCUT2D eigenvalue weighted by Crippen LogP contribution is -2.43. The van der Waals surface area contributed by atoms with Crippen LogP contribution in [0, 0.1) is 19.8 Å². The molecule has 0 saturated heterocycles. The minimum absolute atomic E-state index is 0.0102. The van der Waals surface area contributed by atoms with E-state index in [1.807, 2.05) is 0 Å². The Morgan fingerprint density at radius 1 is 1.37 bits per heavy atom. The number of hydrogen-bond acceptors (Lipinski definition) is 4. The largest absolute Gasteiger partial charge is 0.396 e. The van der Waals surface area contributed by atoms with Gasteiger partial charge < -0.3 is 5.11 Å². The second-order valence-electron chi connectivity index (χ2n) is 5.22. The fraction of sp³-hybridized carbons (Fsp3) is 0.750. The van der Waals surface area contributed by atoms with Gasteiger partial charge in [0.05, 0.1) is 11.4 Å². The smallest absolute Gasteiger partial charge is 0.244 e. The van der Waals surface area contributed by atoms with Gasteiger partial charge >= 0.3 is 0 Å². The van der Waals surface area contributed by atoms with Crippen molar-refractivity contribution < 1.29 is 13.5 Å². The van der Waals surface area contributed by atoms with E-state index in [4.69, 9.17) is 0 Å². The summed E-state index contributed by atoms with van der Waals surface area (Å²) in [5, 5.41) is 16.0. The Hall–Kier alpha value is -0.920. The maximum absolute atomic E-state index is 12.4. The zero-order valence-corrected chi connectivity index (χ0v) is 12.1. The third kappa shape index (κ3) is 2.98. The van der Waals surface area contributed by atoms with Crippen LogP contribution in [0.15, 0.2) is 4.90 Å². The molecule has 1 aliphatic rings. The average molecular weight is 287 g/mol. The van der Waals surface area contributed by atoms with E-state index in [0.717, 1.165) is 25.7 Å². The van der Waals surface area contributed by atoms with Crippen molar-refractivity contribution in [3.63, 3.8) is 0 Å². The number of aromatic nitrogens is 2. The first-order valence-corrected chi connectivity index (χ1v) is 8.08. The first-order valence-electron chi connectivity index (χ1n) is 6.60.